The maximum Gasteiger partial charge on any atom is 0.329 e. The van der Waals surface area contributed by atoms with E-state index >= 15 is 0 Å². The normalized spacial score (nSPS) is 11.8. The molecule has 0 radical (unpaired) electrons. The van der Waals surface area contributed by atoms with Crippen molar-refractivity contribution in [2.24, 2.45) is 0 Å². The molecule has 2 N–H and O–H groups in total. The summed E-state index contributed by atoms with van der Waals surface area (Å²) in [5.41, 5.74) is 0. The summed E-state index contributed by atoms with van der Waals surface area (Å²) in [6, 6.07) is -0.654. The van der Waals surface area contributed by atoms with E-state index in [1.165, 1.54) is 38.5 Å². The minimum absolute atomic E-state index is 0.0583. The van der Waals surface area contributed by atoms with Gasteiger partial charge in [0.1, 0.15) is 17.6 Å². The molecule has 0 aromatic carbocycles. The smallest absolute Gasteiger partial charge is 0.329 e. The van der Waals surface area contributed by atoms with Gasteiger partial charge in [0.15, 0.2) is 0 Å². The Morgan fingerprint density at radius 2 is 1.68 bits per heavy atom. The summed E-state index contributed by atoms with van der Waals surface area (Å²) in [5.74, 6) is -1.24. The second-order valence-corrected chi connectivity index (χ2v) is 6.69. The Kier molecular flexibility index (Phi) is 16.0. The molecule has 146 valence electrons. The van der Waals surface area contributed by atoms with Crippen LogP contribution in [0.3, 0.4) is 0 Å². The third kappa shape index (κ3) is 15.1. The van der Waals surface area contributed by atoms with Crippen molar-refractivity contribution in [3.05, 3.63) is 0 Å². The van der Waals surface area contributed by atoms with Gasteiger partial charge >= 0.3 is 11.9 Å². The van der Waals surface area contributed by atoms with E-state index in [4.69, 9.17) is 26.8 Å². The maximum atomic E-state index is 12.0. The lowest BCUT2D eigenvalue weighted by atomic mass is 10.1. The van der Waals surface area contributed by atoms with Crippen LogP contribution in [0.25, 0.3) is 0 Å². The first-order valence-electron chi connectivity index (χ1n) is 8.87. The number of thiocarbonyl (C=S) groups is 1. The average molecular weight is 394 g/mol. The molecule has 0 heterocycles. The number of esters is 1. The van der Waals surface area contributed by atoms with Crippen molar-refractivity contribution < 1.29 is 24.2 Å². The average Bonchev–Trinajstić information content (AvgIpc) is 2.57. The number of nitrogens with one attached hydrogen (secondary N) is 1. The third-order valence-electron chi connectivity index (χ3n) is 3.50. The molecule has 1 unspecified atom stereocenters. The Hall–Kier alpha value is -0.860. The molecular formula is C17H31NO5S2. The van der Waals surface area contributed by atoms with Gasteiger partial charge in [-0.05, 0) is 6.42 Å². The summed E-state index contributed by atoms with van der Waals surface area (Å²) in [7, 11) is 0. The van der Waals surface area contributed by atoms with E-state index < -0.39 is 24.6 Å². The van der Waals surface area contributed by atoms with Gasteiger partial charge in [-0.15, -0.1) is 0 Å². The molecular weight excluding hydrogens is 362 g/mol. The van der Waals surface area contributed by atoms with Crippen LogP contribution in [-0.2, 0) is 19.1 Å². The molecule has 0 aliphatic rings. The van der Waals surface area contributed by atoms with Crippen molar-refractivity contribution in [2.45, 2.75) is 64.3 Å². The van der Waals surface area contributed by atoms with Crippen molar-refractivity contribution in [1.82, 2.24) is 5.32 Å². The number of ether oxygens (including phenoxy) is 2. The lowest BCUT2D eigenvalue weighted by molar-refractivity contribution is -0.145. The first-order chi connectivity index (χ1) is 12.0. The third-order valence-corrected chi connectivity index (χ3v) is 4.10. The Labute approximate surface area is 161 Å². The van der Waals surface area contributed by atoms with Gasteiger partial charge in [-0.1, -0.05) is 64.1 Å². The lowest BCUT2D eigenvalue weighted by Crippen LogP contribution is -2.44. The number of carboxylic acids is 1. The molecule has 0 rings (SSSR count). The van der Waals surface area contributed by atoms with Gasteiger partial charge in [0.2, 0.25) is 0 Å². The maximum absolute atomic E-state index is 12.0. The number of carboxylic acid groups (broad SMARTS) is 1. The van der Waals surface area contributed by atoms with Crippen LogP contribution in [0.4, 0.5) is 0 Å². The SMILES string of the molecule is CCCCCCCCCCOC(=O)C(CS)NC(=S)COCC(=O)O. The predicted molar refractivity (Wildman–Crippen MR) is 105 cm³/mol. The van der Waals surface area contributed by atoms with Crippen LogP contribution in [-0.4, -0.2) is 53.6 Å². The second kappa shape index (κ2) is 16.6. The Balaban J connectivity index is 3.75. The lowest BCUT2D eigenvalue weighted by Gasteiger charge is -2.17. The monoisotopic (exact) mass is 393 g/mol. The molecule has 0 saturated heterocycles. The summed E-state index contributed by atoms with van der Waals surface area (Å²) < 4.78 is 10.1. The molecule has 6 nitrogen and oxygen atoms in total. The van der Waals surface area contributed by atoms with Crippen LogP contribution in [0.1, 0.15) is 58.3 Å². The van der Waals surface area contributed by atoms with Gasteiger partial charge in [0, 0.05) is 5.75 Å². The molecule has 0 aromatic rings. The van der Waals surface area contributed by atoms with Crippen LogP contribution in [0.5, 0.6) is 0 Å². The fraction of sp³-hybridized carbons (Fsp3) is 0.824. The minimum Gasteiger partial charge on any atom is -0.480 e. The van der Waals surface area contributed by atoms with Crippen molar-refractivity contribution in [1.29, 1.82) is 0 Å². The number of rotatable bonds is 16. The number of aliphatic carboxylic acids is 1. The number of hydrogen-bond acceptors (Lipinski definition) is 6. The van der Waals surface area contributed by atoms with E-state index in [0.717, 1.165) is 12.8 Å². The zero-order valence-corrected chi connectivity index (χ0v) is 16.7. The molecule has 0 aromatic heterocycles. The zero-order valence-electron chi connectivity index (χ0n) is 15.0. The fourth-order valence-corrected chi connectivity index (χ4v) is 2.62. The van der Waals surface area contributed by atoms with Crippen LogP contribution in [0.15, 0.2) is 0 Å². The molecule has 0 amide bonds. The molecule has 0 aliphatic carbocycles. The molecule has 0 fully saturated rings. The first-order valence-corrected chi connectivity index (χ1v) is 9.91. The zero-order chi connectivity index (χ0) is 18.9. The van der Waals surface area contributed by atoms with Crippen molar-refractivity contribution in [2.75, 3.05) is 25.6 Å². The largest absolute Gasteiger partial charge is 0.480 e. The highest BCUT2D eigenvalue weighted by Gasteiger charge is 2.19. The molecule has 1 atom stereocenters. The number of unbranched alkanes of at least 4 members (excludes halogenated alkanes) is 7. The highest BCUT2D eigenvalue weighted by atomic mass is 32.1. The second-order valence-electron chi connectivity index (χ2n) is 5.83. The quantitative estimate of drug-likeness (QED) is 0.161. The van der Waals surface area contributed by atoms with Gasteiger partial charge in [-0.2, -0.15) is 12.6 Å². The van der Waals surface area contributed by atoms with E-state index in [9.17, 15) is 9.59 Å². The van der Waals surface area contributed by atoms with Crippen molar-refractivity contribution in [3.63, 3.8) is 0 Å². The number of hydrogen-bond donors (Lipinski definition) is 3. The standard InChI is InChI=1S/C17H31NO5S2/c1-2-3-4-5-6-7-8-9-10-23-17(21)14(13-24)18-15(25)11-22-12-16(19)20/h14,24H,2-13H2,1H3,(H,18,25)(H,19,20). The summed E-state index contributed by atoms with van der Waals surface area (Å²) in [5, 5.41) is 11.3. The van der Waals surface area contributed by atoms with Crippen molar-refractivity contribution in [3.8, 4) is 0 Å². The van der Waals surface area contributed by atoms with E-state index in [2.05, 4.69) is 24.9 Å². The van der Waals surface area contributed by atoms with Gasteiger partial charge < -0.3 is 19.9 Å². The van der Waals surface area contributed by atoms with E-state index in [1.54, 1.807) is 0 Å². The molecule has 25 heavy (non-hydrogen) atoms. The van der Waals surface area contributed by atoms with Crippen molar-refractivity contribution >= 4 is 41.8 Å². The number of carbonyl (C=O) groups excluding carboxylic acids is 1. The van der Waals surface area contributed by atoms with E-state index in [1.807, 2.05) is 0 Å². The highest BCUT2D eigenvalue weighted by Crippen LogP contribution is 2.08. The first kappa shape index (κ1) is 24.1. The van der Waals surface area contributed by atoms with Crippen LogP contribution in [0, 0.1) is 0 Å². The minimum atomic E-state index is -1.07. The van der Waals surface area contributed by atoms with Gasteiger partial charge in [-0.3, -0.25) is 0 Å². The van der Waals surface area contributed by atoms with E-state index in [-0.39, 0.29) is 17.3 Å². The summed E-state index contributed by atoms with van der Waals surface area (Å²) in [6.45, 7) is 2.10. The summed E-state index contributed by atoms with van der Waals surface area (Å²) >= 11 is 9.12. The highest BCUT2D eigenvalue weighted by molar-refractivity contribution is 7.80. The Morgan fingerprint density at radius 3 is 2.24 bits per heavy atom. The van der Waals surface area contributed by atoms with Crippen LogP contribution >= 0.6 is 24.8 Å². The van der Waals surface area contributed by atoms with Gasteiger partial charge in [0.05, 0.1) is 13.2 Å². The molecule has 8 heteroatoms. The molecule has 0 aliphatic heterocycles. The summed E-state index contributed by atoms with van der Waals surface area (Å²) in [6.07, 6.45) is 9.45. The topological polar surface area (TPSA) is 84.9 Å². The number of thiol groups is 1. The van der Waals surface area contributed by atoms with Gasteiger partial charge in [0.25, 0.3) is 0 Å². The Bertz CT molecular complexity index is 393. The molecule has 0 bridgehead atoms. The Morgan fingerprint density at radius 1 is 1.08 bits per heavy atom. The van der Waals surface area contributed by atoms with Crippen LogP contribution < -0.4 is 5.32 Å². The van der Waals surface area contributed by atoms with E-state index in [0.29, 0.717) is 6.61 Å². The van der Waals surface area contributed by atoms with Crippen LogP contribution in [0.2, 0.25) is 0 Å². The molecule has 0 saturated carbocycles. The predicted octanol–water partition coefficient (Wildman–Crippen LogP) is 2.99. The summed E-state index contributed by atoms with van der Waals surface area (Å²) in [4.78, 5) is 22.6. The fourth-order valence-electron chi connectivity index (χ4n) is 2.16. The number of carbonyl (C=O) groups is 2. The van der Waals surface area contributed by atoms with Gasteiger partial charge in [-0.25, -0.2) is 9.59 Å². The molecule has 0 spiro atoms.